The lowest BCUT2D eigenvalue weighted by molar-refractivity contribution is -0.0979. The predicted octanol–water partition coefficient (Wildman–Crippen LogP) is 2.60. The maximum atomic E-state index is 13.3. The molecule has 1 fully saturated rings. The Hall–Kier alpha value is -1.44. The molecule has 0 aliphatic heterocycles. The van der Waals surface area contributed by atoms with Crippen LogP contribution in [0.4, 0.5) is 4.39 Å². The van der Waals surface area contributed by atoms with Crippen molar-refractivity contribution in [2.45, 2.75) is 39.0 Å². The summed E-state index contributed by atoms with van der Waals surface area (Å²) in [4.78, 5) is 0. The number of nitrogens with zero attached hydrogens (tertiary/aromatic N) is 1. The van der Waals surface area contributed by atoms with Gasteiger partial charge in [0, 0.05) is 25.1 Å². The zero-order valence-corrected chi connectivity index (χ0v) is 11.5. The Balaban J connectivity index is 1.97. The van der Waals surface area contributed by atoms with Crippen LogP contribution < -0.4 is 5.32 Å². The average Bonchev–Trinajstić information content (AvgIpc) is 2.37. The number of hydrogen-bond donors (Lipinski definition) is 1. The number of methoxy groups -OCH3 is 1. The molecule has 1 N–H and O–H groups in total. The molecule has 1 aliphatic carbocycles. The van der Waals surface area contributed by atoms with Gasteiger partial charge in [-0.2, -0.15) is 5.26 Å². The van der Waals surface area contributed by atoms with Crippen LogP contribution in [-0.2, 0) is 11.3 Å². The fourth-order valence-electron chi connectivity index (χ4n) is 2.69. The first-order valence-corrected chi connectivity index (χ1v) is 6.43. The average molecular weight is 262 g/mol. The molecule has 0 radical (unpaired) electrons. The van der Waals surface area contributed by atoms with Crippen molar-refractivity contribution < 1.29 is 9.13 Å². The molecule has 1 aromatic carbocycles. The maximum absolute atomic E-state index is 13.3. The number of hydrogen-bond acceptors (Lipinski definition) is 3. The first kappa shape index (κ1) is 14.0. The highest BCUT2D eigenvalue weighted by Gasteiger charge is 2.48. The number of ether oxygens (including phenoxy) is 1. The van der Waals surface area contributed by atoms with Gasteiger partial charge in [0.15, 0.2) is 0 Å². The number of nitriles is 1. The number of benzene rings is 1. The van der Waals surface area contributed by atoms with Crippen molar-refractivity contribution in [1.82, 2.24) is 5.32 Å². The molecule has 0 amide bonds. The zero-order valence-electron chi connectivity index (χ0n) is 11.5. The van der Waals surface area contributed by atoms with E-state index in [9.17, 15) is 4.39 Å². The van der Waals surface area contributed by atoms with Crippen LogP contribution in [0.3, 0.4) is 0 Å². The quantitative estimate of drug-likeness (QED) is 0.907. The highest BCUT2D eigenvalue weighted by Crippen LogP contribution is 2.42. The summed E-state index contributed by atoms with van der Waals surface area (Å²) in [5.41, 5.74) is 1.24. The molecular weight excluding hydrogens is 243 g/mol. The van der Waals surface area contributed by atoms with E-state index in [2.05, 4.69) is 19.2 Å². The number of halogens is 1. The largest absolute Gasteiger partial charge is 0.381 e. The summed E-state index contributed by atoms with van der Waals surface area (Å²) in [5, 5.41) is 12.2. The molecule has 0 heterocycles. The van der Waals surface area contributed by atoms with Gasteiger partial charge in [0.05, 0.1) is 17.7 Å². The second kappa shape index (κ2) is 5.28. The van der Waals surface area contributed by atoms with Crippen molar-refractivity contribution in [3.63, 3.8) is 0 Å². The molecule has 1 aliphatic rings. The molecule has 2 atom stereocenters. The molecule has 2 rings (SSSR count). The Morgan fingerprint density at radius 3 is 2.79 bits per heavy atom. The predicted molar refractivity (Wildman–Crippen MR) is 70.9 cm³/mol. The molecule has 19 heavy (non-hydrogen) atoms. The van der Waals surface area contributed by atoms with Crippen molar-refractivity contribution in [2.24, 2.45) is 5.41 Å². The van der Waals surface area contributed by atoms with E-state index in [-0.39, 0.29) is 17.3 Å². The van der Waals surface area contributed by atoms with Gasteiger partial charge in [-0.3, -0.25) is 0 Å². The van der Waals surface area contributed by atoms with Crippen molar-refractivity contribution in [1.29, 1.82) is 5.26 Å². The number of nitrogens with one attached hydrogen (secondary N) is 1. The summed E-state index contributed by atoms with van der Waals surface area (Å²) in [5.74, 6) is -0.363. The summed E-state index contributed by atoms with van der Waals surface area (Å²) < 4.78 is 18.7. The lowest BCUT2D eigenvalue weighted by Crippen LogP contribution is -2.60. The van der Waals surface area contributed by atoms with Crippen LogP contribution in [0, 0.1) is 22.6 Å². The Morgan fingerprint density at radius 2 is 2.21 bits per heavy atom. The van der Waals surface area contributed by atoms with Crippen LogP contribution in [0.15, 0.2) is 18.2 Å². The third kappa shape index (κ3) is 2.78. The van der Waals surface area contributed by atoms with Gasteiger partial charge in [-0.15, -0.1) is 0 Å². The zero-order chi connectivity index (χ0) is 14.0. The smallest absolute Gasteiger partial charge is 0.124 e. The summed E-state index contributed by atoms with van der Waals surface area (Å²) in [6.45, 7) is 4.89. The molecule has 0 saturated heterocycles. The minimum absolute atomic E-state index is 0.0835. The topological polar surface area (TPSA) is 45.0 Å². The van der Waals surface area contributed by atoms with Crippen molar-refractivity contribution in [3.05, 3.63) is 35.1 Å². The van der Waals surface area contributed by atoms with Crippen LogP contribution in [0.2, 0.25) is 0 Å². The molecule has 3 nitrogen and oxygen atoms in total. The van der Waals surface area contributed by atoms with E-state index in [4.69, 9.17) is 10.00 Å². The van der Waals surface area contributed by atoms with Crippen LogP contribution in [-0.4, -0.2) is 19.3 Å². The molecule has 1 aromatic rings. The maximum Gasteiger partial charge on any atom is 0.124 e. The Kier molecular flexibility index (Phi) is 3.88. The van der Waals surface area contributed by atoms with Crippen molar-refractivity contribution >= 4 is 0 Å². The molecule has 4 heteroatoms. The monoisotopic (exact) mass is 262 g/mol. The van der Waals surface area contributed by atoms with Gasteiger partial charge in [0.1, 0.15) is 5.82 Å². The highest BCUT2D eigenvalue weighted by molar-refractivity contribution is 5.33. The van der Waals surface area contributed by atoms with Crippen LogP contribution in [0.5, 0.6) is 0 Å². The standard InChI is InChI=1S/C15H19FN2O/c1-15(2)13(7-14(15)19-3)18-9-11-4-10(8-17)5-12(16)6-11/h4-6,13-14,18H,7,9H2,1-3H3. The van der Waals surface area contributed by atoms with E-state index in [1.807, 2.05) is 6.07 Å². The second-order valence-electron chi connectivity index (χ2n) is 5.67. The molecule has 102 valence electrons. The molecule has 0 bridgehead atoms. The van der Waals surface area contributed by atoms with E-state index < -0.39 is 0 Å². The van der Waals surface area contributed by atoms with Gasteiger partial charge >= 0.3 is 0 Å². The van der Waals surface area contributed by atoms with E-state index in [1.54, 1.807) is 13.2 Å². The summed E-state index contributed by atoms with van der Waals surface area (Å²) >= 11 is 0. The Labute approximate surface area is 113 Å². The van der Waals surface area contributed by atoms with Gasteiger partial charge in [-0.05, 0) is 30.2 Å². The molecule has 0 aromatic heterocycles. The normalized spacial score (nSPS) is 24.6. The SMILES string of the molecule is COC1CC(NCc2cc(F)cc(C#N)c2)C1(C)C. The van der Waals surface area contributed by atoms with Crippen LogP contribution in [0.25, 0.3) is 0 Å². The number of rotatable bonds is 4. The Morgan fingerprint density at radius 1 is 1.47 bits per heavy atom. The fourth-order valence-corrected chi connectivity index (χ4v) is 2.69. The van der Waals surface area contributed by atoms with Gasteiger partial charge in [-0.25, -0.2) is 4.39 Å². The van der Waals surface area contributed by atoms with E-state index >= 15 is 0 Å². The van der Waals surface area contributed by atoms with Gasteiger partial charge in [0.2, 0.25) is 0 Å². The highest BCUT2D eigenvalue weighted by atomic mass is 19.1. The molecule has 2 unspecified atom stereocenters. The lowest BCUT2D eigenvalue weighted by atomic mass is 9.64. The summed E-state index contributed by atoms with van der Waals surface area (Å²) in [6.07, 6.45) is 1.23. The first-order valence-electron chi connectivity index (χ1n) is 6.43. The van der Waals surface area contributed by atoms with E-state index in [0.29, 0.717) is 18.2 Å². The van der Waals surface area contributed by atoms with Crippen LogP contribution in [0.1, 0.15) is 31.4 Å². The van der Waals surface area contributed by atoms with Crippen molar-refractivity contribution in [3.8, 4) is 6.07 Å². The van der Waals surface area contributed by atoms with Gasteiger partial charge in [0.25, 0.3) is 0 Å². The van der Waals surface area contributed by atoms with Gasteiger partial charge < -0.3 is 10.1 Å². The fraction of sp³-hybridized carbons (Fsp3) is 0.533. The third-order valence-electron chi connectivity index (χ3n) is 4.10. The molecule has 1 saturated carbocycles. The summed E-state index contributed by atoms with van der Waals surface area (Å²) in [7, 11) is 1.73. The minimum atomic E-state index is -0.363. The minimum Gasteiger partial charge on any atom is -0.381 e. The Bertz CT molecular complexity index is 507. The molecule has 0 spiro atoms. The first-order chi connectivity index (χ1) is 8.97. The molecular formula is C15H19FN2O. The van der Waals surface area contributed by atoms with E-state index in [1.165, 1.54) is 12.1 Å². The van der Waals surface area contributed by atoms with Gasteiger partial charge in [-0.1, -0.05) is 13.8 Å². The third-order valence-corrected chi connectivity index (χ3v) is 4.10. The lowest BCUT2D eigenvalue weighted by Gasteiger charge is -2.51. The van der Waals surface area contributed by atoms with Crippen LogP contribution >= 0.6 is 0 Å². The van der Waals surface area contributed by atoms with E-state index in [0.717, 1.165) is 12.0 Å². The second-order valence-corrected chi connectivity index (χ2v) is 5.67. The van der Waals surface area contributed by atoms with Crippen molar-refractivity contribution in [2.75, 3.05) is 7.11 Å². The summed E-state index contributed by atoms with van der Waals surface area (Å²) in [6, 6.07) is 6.75.